The van der Waals surface area contributed by atoms with Crippen molar-refractivity contribution in [2.45, 2.75) is 4.90 Å². The Bertz CT molecular complexity index is 613. The third-order valence-corrected chi connectivity index (χ3v) is 3.45. The molecule has 0 aliphatic heterocycles. The summed E-state index contributed by atoms with van der Waals surface area (Å²) in [6, 6.07) is 9.29. The second-order valence-corrected chi connectivity index (χ2v) is 4.90. The van der Waals surface area contributed by atoms with Gasteiger partial charge in [-0.25, -0.2) is 8.42 Å². The van der Waals surface area contributed by atoms with Gasteiger partial charge in [-0.3, -0.25) is 4.72 Å². The summed E-state index contributed by atoms with van der Waals surface area (Å²) in [5, 5.41) is 7.21. The van der Waals surface area contributed by atoms with E-state index in [0.717, 1.165) is 0 Å². The van der Waals surface area contributed by atoms with Gasteiger partial charge >= 0.3 is 0 Å². The zero-order valence-corrected chi connectivity index (χ0v) is 9.55. The molecule has 0 saturated carbocycles. The summed E-state index contributed by atoms with van der Waals surface area (Å²) in [5.74, 6) is 0.149. The molecule has 0 unspecified atom stereocenters. The Labute approximate surface area is 98.5 Å². The first-order valence-corrected chi connectivity index (χ1v) is 6.23. The highest BCUT2D eigenvalue weighted by molar-refractivity contribution is 7.92. The molecule has 0 aliphatic carbocycles. The SMILES string of the molecule is Nc1ccccc1S(=O)(=O)Nc1cccnn1. The lowest BCUT2D eigenvalue weighted by Crippen LogP contribution is -2.15. The lowest BCUT2D eigenvalue weighted by Gasteiger charge is -2.08. The van der Waals surface area contributed by atoms with Crippen LogP contribution >= 0.6 is 0 Å². The normalized spacial score (nSPS) is 11.1. The maximum Gasteiger partial charge on any atom is 0.265 e. The molecule has 7 heteroatoms. The second-order valence-electron chi connectivity index (χ2n) is 3.25. The van der Waals surface area contributed by atoms with Gasteiger partial charge in [0.25, 0.3) is 10.0 Å². The molecule has 1 heterocycles. The Morgan fingerprint density at radius 1 is 1.12 bits per heavy atom. The molecule has 6 nitrogen and oxygen atoms in total. The smallest absolute Gasteiger partial charge is 0.265 e. The van der Waals surface area contributed by atoms with Gasteiger partial charge in [0.15, 0.2) is 5.82 Å². The van der Waals surface area contributed by atoms with E-state index >= 15 is 0 Å². The summed E-state index contributed by atoms with van der Waals surface area (Å²) in [6.45, 7) is 0. The summed E-state index contributed by atoms with van der Waals surface area (Å²) < 4.78 is 26.2. The molecule has 88 valence electrons. The number of nitrogens with two attached hydrogens (primary N) is 1. The van der Waals surface area contributed by atoms with Gasteiger partial charge < -0.3 is 5.73 Å². The van der Waals surface area contributed by atoms with Crippen molar-refractivity contribution in [3.05, 3.63) is 42.6 Å². The summed E-state index contributed by atoms with van der Waals surface area (Å²) >= 11 is 0. The third kappa shape index (κ3) is 2.51. The van der Waals surface area contributed by atoms with Crippen molar-refractivity contribution >= 4 is 21.5 Å². The van der Waals surface area contributed by atoms with Crippen LogP contribution in [0.3, 0.4) is 0 Å². The minimum atomic E-state index is -3.72. The molecule has 0 saturated heterocycles. The number of nitrogens with one attached hydrogen (secondary N) is 1. The van der Waals surface area contributed by atoms with Gasteiger partial charge in [-0.1, -0.05) is 12.1 Å². The Morgan fingerprint density at radius 2 is 1.88 bits per heavy atom. The standard InChI is InChI=1S/C10H10N4O2S/c11-8-4-1-2-5-9(8)17(15,16)14-10-6-3-7-12-13-10/h1-7H,11H2,(H,13,14). The minimum absolute atomic E-state index is 0.0191. The zero-order chi connectivity index (χ0) is 12.3. The molecule has 0 spiro atoms. The molecule has 0 amide bonds. The van der Waals surface area contributed by atoms with Gasteiger partial charge in [0.1, 0.15) is 4.90 Å². The topological polar surface area (TPSA) is 98.0 Å². The van der Waals surface area contributed by atoms with Crippen molar-refractivity contribution in [3.63, 3.8) is 0 Å². The maximum atomic E-state index is 12.0. The number of aromatic nitrogens is 2. The first-order chi connectivity index (χ1) is 8.09. The summed E-state index contributed by atoms with van der Waals surface area (Å²) in [6.07, 6.45) is 1.45. The van der Waals surface area contributed by atoms with E-state index < -0.39 is 10.0 Å². The molecular formula is C10H10N4O2S. The molecule has 2 aromatic rings. The van der Waals surface area contributed by atoms with Gasteiger partial charge in [-0.2, -0.15) is 5.10 Å². The van der Waals surface area contributed by atoms with E-state index in [4.69, 9.17) is 5.73 Å². The van der Waals surface area contributed by atoms with Crippen molar-refractivity contribution in [1.82, 2.24) is 10.2 Å². The number of sulfonamides is 1. The third-order valence-electron chi connectivity index (χ3n) is 2.02. The number of hydrogen-bond acceptors (Lipinski definition) is 5. The van der Waals surface area contributed by atoms with E-state index in [0.29, 0.717) is 0 Å². The van der Waals surface area contributed by atoms with Crippen LogP contribution in [-0.4, -0.2) is 18.6 Å². The largest absolute Gasteiger partial charge is 0.398 e. The lowest BCUT2D eigenvalue weighted by molar-refractivity contribution is 0.601. The van der Waals surface area contributed by atoms with Crippen LogP contribution in [-0.2, 0) is 10.0 Å². The van der Waals surface area contributed by atoms with E-state index in [-0.39, 0.29) is 16.4 Å². The van der Waals surface area contributed by atoms with Crippen molar-refractivity contribution in [3.8, 4) is 0 Å². The van der Waals surface area contributed by atoms with Gasteiger partial charge in [-0.05, 0) is 24.3 Å². The van der Waals surface area contributed by atoms with Crippen LogP contribution in [0, 0.1) is 0 Å². The van der Waals surface area contributed by atoms with Gasteiger partial charge in [0.2, 0.25) is 0 Å². The Hall–Kier alpha value is -2.15. The van der Waals surface area contributed by atoms with Crippen LogP contribution in [0.15, 0.2) is 47.5 Å². The van der Waals surface area contributed by atoms with Crippen LogP contribution in [0.5, 0.6) is 0 Å². The fourth-order valence-electron chi connectivity index (χ4n) is 1.27. The van der Waals surface area contributed by atoms with Crippen LogP contribution in [0.4, 0.5) is 11.5 Å². The number of anilines is 2. The van der Waals surface area contributed by atoms with Crippen LogP contribution in [0.25, 0.3) is 0 Å². The molecule has 1 aromatic carbocycles. The fourth-order valence-corrected chi connectivity index (χ4v) is 2.40. The van der Waals surface area contributed by atoms with Crippen LogP contribution in [0.1, 0.15) is 0 Å². The van der Waals surface area contributed by atoms with E-state index in [2.05, 4.69) is 14.9 Å². The molecule has 0 radical (unpaired) electrons. The van der Waals surface area contributed by atoms with E-state index in [9.17, 15) is 8.42 Å². The molecule has 2 rings (SSSR count). The Morgan fingerprint density at radius 3 is 2.53 bits per heavy atom. The average molecular weight is 250 g/mol. The summed E-state index contributed by atoms with van der Waals surface area (Å²) in [5.41, 5.74) is 5.79. The molecule has 0 fully saturated rings. The second kappa shape index (κ2) is 4.38. The number of hydrogen-bond donors (Lipinski definition) is 2. The Balaban J connectivity index is 2.36. The quantitative estimate of drug-likeness (QED) is 0.787. The first kappa shape index (κ1) is 11.3. The molecule has 1 aromatic heterocycles. The molecule has 17 heavy (non-hydrogen) atoms. The zero-order valence-electron chi connectivity index (χ0n) is 8.74. The number of benzene rings is 1. The minimum Gasteiger partial charge on any atom is -0.398 e. The summed E-state index contributed by atoms with van der Waals surface area (Å²) in [7, 11) is -3.72. The Kier molecular flexibility index (Phi) is 2.92. The number of nitrogen functional groups attached to an aromatic ring is 1. The predicted molar refractivity (Wildman–Crippen MR) is 63.7 cm³/mol. The highest BCUT2D eigenvalue weighted by Gasteiger charge is 2.17. The van der Waals surface area contributed by atoms with Gasteiger partial charge in [0.05, 0.1) is 5.69 Å². The van der Waals surface area contributed by atoms with E-state index in [1.807, 2.05) is 0 Å². The molecule has 0 aliphatic rings. The highest BCUT2D eigenvalue weighted by Crippen LogP contribution is 2.19. The van der Waals surface area contributed by atoms with Crippen molar-refractivity contribution in [1.29, 1.82) is 0 Å². The van der Waals surface area contributed by atoms with Crippen LogP contribution < -0.4 is 10.5 Å². The van der Waals surface area contributed by atoms with Crippen molar-refractivity contribution in [2.75, 3.05) is 10.5 Å². The number of rotatable bonds is 3. The molecule has 0 atom stereocenters. The van der Waals surface area contributed by atoms with Gasteiger partial charge in [0, 0.05) is 6.20 Å². The van der Waals surface area contributed by atoms with Crippen LogP contribution in [0.2, 0.25) is 0 Å². The highest BCUT2D eigenvalue weighted by atomic mass is 32.2. The molecule has 3 N–H and O–H groups in total. The van der Waals surface area contributed by atoms with Crippen molar-refractivity contribution in [2.24, 2.45) is 0 Å². The lowest BCUT2D eigenvalue weighted by atomic mass is 10.3. The van der Waals surface area contributed by atoms with Crippen molar-refractivity contribution < 1.29 is 8.42 Å². The maximum absolute atomic E-state index is 12.0. The molecular weight excluding hydrogens is 240 g/mol. The fraction of sp³-hybridized carbons (Fsp3) is 0. The number of para-hydroxylation sites is 1. The van der Waals surface area contributed by atoms with Gasteiger partial charge in [-0.15, -0.1) is 5.10 Å². The van der Waals surface area contributed by atoms with E-state index in [1.165, 1.54) is 24.4 Å². The first-order valence-electron chi connectivity index (χ1n) is 4.74. The average Bonchev–Trinajstić information content (AvgIpc) is 2.30. The predicted octanol–water partition coefficient (Wildman–Crippen LogP) is 0.860. The number of nitrogens with zero attached hydrogens (tertiary/aromatic N) is 2. The summed E-state index contributed by atoms with van der Waals surface area (Å²) in [4.78, 5) is 0.0191. The molecule has 0 bridgehead atoms. The monoisotopic (exact) mass is 250 g/mol. The van der Waals surface area contributed by atoms with E-state index in [1.54, 1.807) is 18.2 Å².